The molecule has 0 atom stereocenters. The lowest BCUT2D eigenvalue weighted by Gasteiger charge is -2.10. The number of thioether (sulfide) groups is 1. The molecule has 0 radical (unpaired) electrons. The number of nitrogens with one attached hydrogen (secondary N) is 1. The smallest absolute Gasteiger partial charge is 0.236 e. The number of fused-ring (bicyclic) bond motifs is 1. The highest BCUT2D eigenvalue weighted by Gasteiger charge is 2.16. The number of amides is 1. The first-order valence-electron chi connectivity index (χ1n) is 11.6. The van der Waals surface area contributed by atoms with Crippen molar-refractivity contribution in [2.75, 3.05) is 11.1 Å². The van der Waals surface area contributed by atoms with Gasteiger partial charge in [-0.2, -0.15) is 0 Å². The van der Waals surface area contributed by atoms with Gasteiger partial charge in [-0.25, -0.2) is 4.98 Å². The van der Waals surface area contributed by atoms with Gasteiger partial charge in [0.2, 0.25) is 5.91 Å². The van der Waals surface area contributed by atoms with Crippen LogP contribution in [0, 0.1) is 6.92 Å². The summed E-state index contributed by atoms with van der Waals surface area (Å²) in [6.45, 7) is 5.01. The number of ether oxygens (including phenoxy) is 1. The first-order chi connectivity index (χ1) is 17.6. The van der Waals surface area contributed by atoms with Crippen LogP contribution in [0.2, 0.25) is 0 Å². The summed E-state index contributed by atoms with van der Waals surface area (Å²) in [5.74, 6) is 1.60. The molecule has 0 saturated carbocycles. The van der Waals surface area contributed by atoms with Gasteiger partial charge in [0.1, 0.15) is 12.4 Å². The Kier molecular flexibility index (Phi) is 7.29. The van der Waals surface area contributed by atoms with Gasteiger partial charge in [0, 0.05) is 22.4 Å². The van der Waals surface area contributed by atoms with Crippen molar-refractivity contribution in [3.63, 3.8) is 0 Å². The fourth-order valence-electron chi connectivity index (χ4n) is 3.91. The molecule has 5 rings (SSSR count). The zero-order chi connectivity index (χ0) is 24.9. The first-order valence-corrected chi connectivity index (χ1v) is 13.4. The van der Waals surface area contributed by atoms with E-state index in [9.17, 15) is 4.79 Å². The largest absolute Gasteiger partial charge is 0.485 e. The Balaban J connectivity index is 1.21. The molecule has 5 aromatic rings. The van der Waals surface area contributed by atoms with Crippen molar-refractivity contribution in [3.8, 4) is 17.0 Å². The summed E-state index contributed by atoms with van der Waals surface area (Å²) >= 11 is 2.82. The minimum atomic E-state index is -0.132. The van der Waals surface area contributed by atoms with Gasteiger partial charge in [-0.15, -0.1) is 21.5 Å². The zero-order valence-corrected chi connectivity index (χ0v) is 21.6. The molecular formula is C27H25N5O2S2. The number of aryl methyl sites for hydroxylation is 1. The summed E-state index contributed by atoms with van der Waals surface area (Å²) in [5, 5.41) is 15.0. The molecule has 36 heavy (non-hydrogen) atoms. The maximum absolute atomic E-state index is 12.6. The van der Waals surface area contributed by atoms with Crippen LogP contribution in [0.5, 0.6) is 5.75 Å². The van der Waals surface area contributed by atoms with Gasteiger partial charge in [-0.3, -0.25) is 4.79 Å². The Morgan fingerprint density at radius 2 is 1.81 bits per heavy atom. The number of anilines is 1. The summed E-state index contributed by atoms with van der Waals surface area (Å²) in [4.78, 5) is 18.3. The first kappa shape index (κ1) is 24.0. The van der Waals surface area contributed by atoms with Crippen LogP contribution in [0.25, 0.3) is 22.0 Å². The van der Waals surface area contributed by atoms with Crippen molar-refractivity contribution in [2.24, 2.45) is 0 Å². The van der Waals surface area contributed by atoms with Crippen LogP contribution in [0.4, 0.5) is 5.13 Å². The van der Waals surface area contributed by atoms with Crippen molar-refractivity contribution >= 4 is 44.9 Å². The zero-order valence-electron chi connectivity index (χ0n) is 20.0. The highest BCUT2D eigenvalue weighted by molar-refractivity contribution is 7.99. The molecule has 0 spiro atoms. The van der Waals surface area contributed by atoms with Gasteiger partial charge in [0.15, 0.2) is 16.1 Å². The molecule has 0 fully saturated rings. The summed E-state index contributed by atoms with van der Waals surface area (Å²) in [6, 6.07) is 24.1. The molecule has 0 aliphatic rings. The minimum absolute atomic E-state index is 0.132. The lowest BCUT2D eigenvalue weighted by Crippen LogP contribution is -2.14. The molecule has 0 aliphatic heterocycles. The van der Waals surface area contributed by atoms with E-state index in [-0.39, 0.29) is 11.7 Å². The molecule has 3 aromatic carbocycles. The number of hydrogen-bond donors (Lipinski definition) is 1. The number of hydrogen-bond acceptors (Lipinski definition) is 7. The van der Waals surface area contributed by atoms with Crippen molar-refractivity contribution in [3.05, 3.63) is 83.5 Å². The second-order valence-corrected chi connectivity index (χ2v) is 10.2. The van der Waals surface area contributed by atoms with Crippen LogP contribution >= 0.6 is 23.1 Å². The maximum atomic E-state index is 12.6. The number of benzene rings is 3. The van der Waals surface area contributed by atoms with Crippen LogP contribution in [0.15, 0.2) is 78.0 Å². The number of nitrogens with zero attached hydrogens (tertiary/aromatic N) is 4. The van der Waals surface area contributed by atoms with Gasteiger partial charge in [-0.05, 0) is 25.3 Å². The number of thiazole rings is 1. The van der Waals surface area contributed by atoms with Crippen LogP contribution in [0.3, 0.4) is 0 Å². The quantitative estimate of drug-likeness (QED) is 0.236. The molecule has 0 aliphatic carbocycles. The van der Waals surface area contributed by atoms with E-state index in [1.165, 1.54) is 23.1 Å². The minimum Gasteiger partial charge on any atom is -0.485 e. The topological polar surface area (TPSA) is 81.9 Å². The van der Waals surface area contributed by atoms with Crippen molar-refractivity contribution in [2.45, 2.75) is 32.2 Å². The predicted molar refractivity (Wildman–Crippen MR) is 146 cm³/mol. The van der Waals surface area contributed by atoms with E-state index in [0.717, 1.165) is 38.5 Å². The van der Waals surface area contributed by atoms with Crippen LogP contribution < -0.4 is 10.1 Å². The average molecular weight is 516 g/mol. The number of carbonyl (C=O) groups excluding carboxylic acids is 1. The fourth-order valence-corrected chi connectivity index (χ4v) is 5.59. The van der Waals surface area contributed by atoms with E-state index >= 15 is 0 Å². The molecule has 182 valence electrons. The monoisotopic (exact) mass is 515 g/mol. The Labute approximate surface area is 217 Å². The number of carbonyl (C=O) groups is 1. The second kappa shape index (κ2) is 10.9. The van der Waals surface area contributed by atoms with E-state index < -0.39 is 0 Å². The summed E-state index contributed by atoms with van der Waals surface area (Å²) in [7, 11) is 0. The van der Waals surface area contributed by atoms with Gasteiger partial charge in [0.05, 0.1) is 11.4 Å². The number of aromatic nitrogens is 4. The molecule has 0 saturated heterocycles. The average Bonchev–Trinajstić information content (AvgIpc) is 3.48. The third-order valence-electron chi connectivity index (χ3n) is 5.64. The molecular weight excluding hydrogens is 490 g/mol. The Morgan fingerprint density at radius 1 is 1.03 bits per heavy atom. The van der Waals surface area contributed by atoms with Gasteiger partial charge >= 0.3 is 0 Å². The van der Waals surface area contributed by atoms with E-state index in [4.69, 9.17) is 4.74 Å². The molecule has 2 aromatic heterocycles. The normalized spacial score (nSPS) is 11.1. The van der Waals surface area contributed by atoms with Gasteiger partial charge < -0.3 is 14.6 Å². The third-order valence-corrected chi connectivity index (χ3v) is 7.49. The lowest BCUT2D eigenvalue weighted by molar-refractivity contribution is -0.113. The van der Waals surface area contributed by atoms with E-state index in [1.807, 2.05) is 79.1 Å². The molecule has 0 unspecified atom stereocenters. The van der Waals surface area contributed by atoms with E-state index in [2.05, 4.69) is 32.6 Å². The third kappa shape index (κ3) is 5.27. The second-order valence-electron chi connectivity index (χ2n) is 8.04. The van der Waals surface area contributed by atoms with Crippen molar-refractivity contribution in [1.82, 2.24) is 19.7 Å². The highest BCUT2D eigenvalue weighted by Crippen LogP contribution is 2.30. The lowest BCUT2D eigenvalue weighted by atomic mass is 10.1. The standard InChI is InChI=1S/C27H25N5O2S2/c1-3-32-23(16-34-22-15-9-13-19-10-7-8-14-21(19)22)30-31-27(32)35-17-24(33)28-26-29-25(18(2)36-26)20-11-5-4-6-12-20/h4-15H,3,16-17H2,1-2H3,(H,28,29,33). The van der Waals surface area contributed by atoms with Crippen LogP contribution in [-0.4, -0.2) is 31.4 Å². The Morgan fingerprint density at radius 3 is 2.64 bits per heavy atom. The molecule has 1 N–H and O–H groups in total. The predicted octanol–water partition coefficient (Wildman–Crippen LogP) is 6.19. The molecule has 1 amide bonds. The van der Waals surface area contributed by atoms with E-state index in [1.54, 1.807) is 0 Å². The summed E-state index contributed by atoms with van der Waals surface area (Å²) in [6.07, 6.45) is 0. The molecule has 2 heterocycles. The van der Waals surface area contributed by atoms with Crippen molar-refractivity contribution in [1.29, 1.82) is 0 Å². The molecule has 9 heteroatoms. The summed E-state index contributed by atoms with van der Waals surface area (Å²) in [5.41, 5.74) is 1.93. The Bertz CT molecular complexity index is 1490. The van der Waals surface area contributed by atoms with Crippen molar-refractivity contribution < 1.29 is 9.53 Å². The maximum Gasteiger partial charge on any atom is 0.236 e. The van der Waals surface area contributed by atoms with Crippen LogP contribution in [0.1, 0.15) is 17.6 Å². The van der Waals surface area contributed by atoms with E-state index in [0.29, 0.717) is 23.4 Å². The van der Waals surface area contributed by atoms with Crippen LogP contribution in [-0.2, 0) is 17.9 Å². The Hall–Kier alpha value is -3.69. The summed E-state index contributed by atoms with van der Waals surface area (Å²) < 4.78 is 8.07. The fraction of sp³-hybridized carbons (Fsp3) is 0.185. The van der Waals surface area contributed by atoms with Gasteiger partial charge in [0.25, 0.3) is 0 Å². The molecule has 7 nitrogen and oxygen atoms in total. The van der Waals surface area contributed by atoms with Gasteiger partial charge in [-0.1, -0.05) is 78.5 Å². The molecule has 0 bridgehead atoms. The number of rotatable bonds is 9. The SMILES string of the molecule is CCn1c(COc2cccc3ccccc23)nnc1SCC(=O)Nc1nc(-c2ccccc2)c(C)s1. The highest BCUT2D eigenvalue weighted by atomic mass is 32.2.